The Kier molecular flexibility index (Phi) is 3.52. The van der Waals surface area contributed by atoms with E-state index in [0.29, 0.717) is 11.8 Å². The highest BCUT2D eigenvalue weighted by atomic mass is 32.2. The molecule has 0 heterocycles. The molecule has 0 unspecified atom stereocenters. The molecule has 20 heavy (non-hydrogen) atoms. The zero-order valence-corrected chi connectivity index (χ0v) is 11.4. The van der Waals surface area contributed by atoms with E-state index in [1.54, 1.807) is 6.07 Å². The second-order valence-electron chi connectivity index (χ2n) is 4.41. The van der Waals surface area contributed by atoms with Crippen LogP contribution >= 0.6 is 11.8 Å². The van der Waals surface area contributed by atoms with Gasteiger partial charge in [-0.2, -0.15) is 0 Å². The van der Waals surface area contributed by atoms with E-state index >= 15 is 0 Å². The molecule has 0 amide bonds. The standard InChI is InChI=1S/C17H11FOS/c18-15-6-8-17(14(9-15)11-19)20-16-7-5-12-3-1-2-4-13(12)10-16/h1-11H. The molecule has 3 aromatic carbocycles. The third-order valence-electron chi connectivity index (χ3n) is 3.05. The molecule has 3 aromatic rings. The summed E-state index contributed by atoms with van der Waals surface area (Å²) >= 11 is 1.46. The fourth-order valence-electron chi connectivity index (χ4n) is 2.06. The molecule has 0 aliphatic heterocycles. The van der Waals surface area contributed by atoms with E-state index in [4.69, 9.17) is 0 Å². The van der Waals surface area contributed by atoms with Gasteiger partial charge in [0, 0.05) is 15.4 Å². The van der Waals surface area contributed by atoms with Crippen LogP contribution in [0.3, 0.4) is 0 Å². The van der Waals surface area contributed by atoms with Crippen molar-refractivity contribution in [2.24, 2.45) is 0 Å². The lowest BCUT2D eigenvalue weighted by Gasteiger charge is -2.06. The summed E-state index contributed by atoms with van der Waals surface area (Å²) < 4.78 is 13.1. The van der Waals surface area contributed by atoms with Crippen molar-refractivity contribution in [2.45, 2.75) is 9.79 Å². The van der Waals surface area contributed by atoms with Crippen LogP contribution in [0.4, 0.5) is 4.39 Å². The number of carbonyl (C=O) groups excluding carboxylic acids is 1. The third-order valence-corrected chi connectivity index (χ3v) is 4.13. The van der Waals surface area contributed by atoms with Crippen molar-refractivity contribution in [3.63, 3.8) is 0 Å². The highest BCUT2D eigenvalue weighted by Gasteiger charge is 2.06. The minimum absolute atomic E-state index is 0.378. The molecule has 0 saturated heterocycles. The minimum Gasteiger partial charge on any atom is -0.298 e. The molecule has 1 nitrogen and oxygen atoms in total. The lowest BCUT2D eigenvalue weighted by molar-refractivity contribution is 0.112. The van der Waals surface area contributed by atoms with Gasteiger partial charge in [-0.3, -0.25) is 4.79 Å². The molecule has 3 rings (SSSR count). The topological polar surface area (TPSA) is 17.1 Å². The quantitative estimate of drug-likeness (QED) is 0.633. The Morgan fingerprint density at radius 3 is 2.50 bits per heavy atom. The van der Waals surface area contributed by atoms with E-state index < -0.39 is 5.82 Å². The summed E-state index contributed by atoms with van der Waals surface area (Å²) in [4.78, 5) is 12.8. The number of aldehydes is 1. The van der Waals surface area contributed by atoms with Crippen molar-refractivity contribution in [3.05, 3.63) is 72.0 Å². The van der Waals surface area contributed by atoms with Crippen LogP contribution < -0.4 is 0 Å². The zero-order chi connectivity index (χ0) is 13.9. The number of halogens is 1. The minimum atomic E-state index is -0.394. The van der Waals surface area contributed by atoms with Crippen LogP contribution in [0.5, 0.6) is 0 Å². The summed E-state index contributed by atoms with van der Waals surface area (Å²) in [5, 5.41) is 2.32. The van der Waals surface area contributed by atoms with E-state index in [1.807, 2.05) is 30.3 Å². The first-order chi connectivity index (χ1) is 9.76. The van der Waals surface area contributed by atoms with Crippen LogP contribution in [0.15, 0.2) is 70.5 Å². The van der Waals surface area contributed by atoms with E-state index in [2.05, 4.69) is 12.1 Å². The van der Waals surface area contributed by atoms with Crippen LogP contribution in [-0.2, 0) is 0 Å². The van der Waals surface area contributed by atoms with Gasteiger partial charge < -0.3 is 0 Å². The van der Waals surface area contributed by atoms with Crippen molar-refractivity contribution in [2.75, 3.05) is 0 Å². The summed E-state index contributed by atoms with van der Waals surface area (Å²) in [6.07, 6.45) is 0.687. The molecule has 0 bridgehead atoms. The largest absolute Gasteiger partial charge is 0.298 e. The van der Waals surface area contributed by atoms with E-state index in [-0.39, 0.29) is 0 Å². The van der Waals surface area contributed by atoms with E-state index in [1.165, 1.54) is 29.3 Å². The van der Waals surface area contributed by atoms with Gasteiger partial charge in [0.15, 0.2) is 6.29 Å². The van der Waals surface area contributed by atoms with Gasteiger partial charge in [0.2, 0.25) is 0 Å². The number of benzene rings is 3. The van der Waals surface area contributed by atoms with Crippen molar-refractivity contribution in [1.29, 1.82) is 0 Å². The SMILES string of the molecule is O=Cc1cc(F)ccc1Sc1ccc2ccccc2c1. The van der Waals surface area contributed by atoms with Gasteiger partial charge in [0.25, 0.3) is 0 Å². The second kappa shape index (κ2) is 5.47. The lowest BCUT2D eigenvalue weighted by Crippen LogP contribution is -1.87. The van der Waals surface area contributed by atoms with Gasteiger partial charge in [0.1, 0.15) is 5.82 Å². The van der Waals surface area contributed by atoms with Crippen LogP contribution in [-0.4, -0.2) is 6.29 Å². The maximum atomic E-state index is 13.1. The van der Waals surface area contributed by atoms with Gasteiger partial charge in [-0.05, 0) is 41.1 Å². The van der Waals surface area contributed by atoms with Crippen LogP contribution in [0.1, 0.15) is 10.4 Å². The maximum absolute atomic E-state index is 13.1. The fourth-order valence-corrected chi connectivity index (χ4v) is 3.00. The predicted octanol–water partition coefficient (Wildman–Crippen LogP) is 4.94. The summed E-state index contributed by atoms with van der Waals surface area (Å²) in [5.41, 5.74) is 0.378. The molecular formula is C17H11FOS. The molecule has 0 aromatic heterocycles. The Bertz CT molecular complexity index is 783. The third kappa shape index (κ3) is 2.58. The molecule has 0 spiro atoms. The van der Waals surface area contributed by atoms with Gasteiger partial charge in [-0.15, -0.1) is 0 Å². The lowest BCUT2D eigenvalue weighted by atomic mass is 10.1. The highest BCUT2D eigenvalue weighted by Crippen LogP contribution is 2.32. The number of fused-ring (bicyclic) bond motifs is 1. The van der Waals surface area contributed by atoms with Crippen LogP contribution in [0.2, 0.25) is 0 Å². The highest BCUT2D eigenvalue weighted by molar-refractivity contribution is 7.99. The first kappa shape index (κ1) is 12.9. The Morgan fingerprint density at radius 2 is 1.70 bits per heavy atom. The molecule has 0 atom stereocenters. The fraction of sp³-hybridized carbons (Fsp3) is 0. The van der Waals surface area contributed by atoms with Gasteiger partial charge in [-0.25, -0.2) is 4.39 Å². The second-order valence-corrected chi connectivity index (χ2v) is 5.53. The molecular weight excluding hydrogens is 271 g/mol. The average Bonchev–Trinajstić information content (AvgIpc) is 2.49. The first-order valence-corrected chi connectivity index (χ1v) is 6.99. The number of carbonyl (C=O) groups is 1. The zero-order valence-electron chi connectivity index (χ0n) is 10.5. The summed E-state index contributed by atoms with van der Waals surface area (Å²) in [6.45, 7) is 0. The van der Waals surface area contributed by atoms with Crippen LogP contribution in [0, 0.1) is 5.82 Å². The molecule has 0 aliphatic carbocycles. The average molecular weight is 282 g/mol. The van der Waals surface area contributed by atoms with E-state index in [0.717, 1.165) is 15.2 Å². The molecule has 0 N–H and O–H groups in total. The van der Waals surface area contributed by atoms with E-state index in [9.17, 15) is 9.18 Å². The van der Waals surface area contributed by atoms with Crippen molar-refractivity contribution in [3.8, 4) is 0 Å². The molecule has 0 fully saturated rings. The Hall–Kier alpha value is -2.13. The van der Waals surface area contributed by atoms with Crippen molar-refractivity contribution in [1.82, 2.24) is 0 Å². The molecule has 98 valence electrons. The predicted molar refractivity (Wildman–Crippen MR) is 79.9 cm³/mol. The molecule has 3 heteroatoms. The Morgan fingerprint density at radius 1 is 0.900 bits per heavy atom. The van der Waals surface area contributed by atoms with Gasteiger partial charge >= 0.3 is 0 Å². The normalized spacial score (nSPS) is 10.7. The maximum Gasteiger partial charge on any atom is 0.151 e. The smallest absolute Gasteiger partial charge is 0.151 e. The molecule has 0 radical (unpaired) electrons. The summed E-state index contributed by atoms with van der Waals surface area (Å²) in [5.74, 6) is -0.394. The van der Waals surface area contributed by atoms with Gasteiger partial charge in [-0.1, -0.05) is 42.1 Å². The monoisotopic (exact) mass is 282 g/mol. The summed E-state index contributed by atoms with van der Waals surface area (Å²) in [6, 6.07) is 18.5. The number of hydrogen-bond donors (Lipinski definition) is 0. The van der Waals surface area contributed by atoms with Crippen LogP contribution in [0.25, 0.3) is 10.8 Å². The number of rotatable bonds is 3. The Balaban J connectivity index is 1.98. The van der Waals surface area contributed by atoms with Gasteiger partial charge in [0.05, 0.1) is 0 Å². The summed E-state index contributed by atoms with van der Waals surface area (Å²) in [7, 11) is 0. The first-order valence-electron chi connectivity index (χ1n) is 6.18. The molecule has 0 aliphatic rings. The Labute approximate surface area is 120 Å². The van der Waals surface area contributed by atoms with Crippen molar-refractivity contribution >= 4 is 28.8 Å². The van der Waals surface area contributed by atoms with Crippen molar-refractivity contribution < 1.29 is 9.18 Å². The number of hydrogen-bond acceptors (Lipinski definition) is 2. The molecule has 0 saturated carbocycles.